The predicted molar refractivity (Wildman–Crippen MR) is 486 cm³/mol. The molecule has 0 bridgehead atoms. The third-order valence-electron chi connectivity index (χ3n) is 33.1. The van der Waals surface area contributed by atoms with Crippen molar-refractivity contribution in [2.45, 2.75) is 192 Å². The highest BCUT2D eigenvalue weighted by Gasteiger charge is 2.79. The summed E-state index contributed by atoms with van der Waals surface area (Å²) in [5.41, 5.74) is 16.3. The second-order valence-electron chi connectivity index (χ2n) is 39.8. The van der Waals surface area contributed by atoms with Gasteiger partial charge in [0.25, 0.3) is 0 Å². The molecular formula is C109H114N2O19. The van der Waals surface area contributed by atoms with Gasteiger partial charge >= 0.3 is 0 Å². The first-order valence-corrected chi connectivity index (χ1v) is 45.5. The number of hydrogen-bond acceptors (Lipinski definition) is 21. The molecule has 0 unspecified atom stereocenters. The van der Waals surface area contributed by atoms with E-state index in [0.717, 1.165) is 106 Å². The van der Waals surface area contributed by atoms with E-state index >= 15 is 0 Å². The third kappa shape index (κ3) is 15.2. The Balaban J connectivity index is 0.000000128. The van der Waals surface area contributed by atoms with Crippen molar-refractivity contribution in [1.82, 2.24) is 0 Å². The quantitative estimate of drug-likeness (QED) is 0.0365. The SMILES string of the molecule is C[C@]12C=CC(=O)C=C1CC[C@@H]1[C@@H]2[C@@H](O)C[C@@]2(C)[C@H]1C[C@@H](O)[C@]2(O)C(=O)CO.C[C@]12C=CC(=O)C=C1CC[C@@H]1[C@@H]2[C@@H](O)C[C@@]2(C)[C@H]1C[C@H]1O[C@@H](c3ccc(C#Cc4cccc(N)c4)cc3)O[C@]12C(=O)CO.C[C@]12C=CC(=O)C=C1CC[C@@H]1[C@@H]2[C@@H](O)C[C@@]2(C)[C@H]1C[C@H]1O[C@H](c3ccc(C#Cc4cccc(N)c4)cc3)O[C@]12C(=O)CO.Cc1cccc(C#Cc2ccc(C=O)cc2)c1. The van der Waals surface area contributed by atoms with Gasteiger partial charge in [0, 0.05) is 112 Å². The zero-order valence-corrected chi connectivity index (χ0v) is 74.3. The number of rotatable bonds is 9. The van der Waals surface area contributed by atoms with Crippen LogP contribution < -0.4 is 11.5 Å². The summed E-state index contributed by atoms with van der Waals surface area (Å²) in [4.78, 5) is 86.5. The number of ketones is 6. The van der Waals surface area contributed by atoms with Crippen LogP contribution >= 0.6 is 0 Å². The van der Waals surface area contributed by atoms with E-state index in [9.17, 15) is 74.4 Å². The number of aliphatic hydroxyl groups excluding tert-OH is 7. The fourth-order valence-corrected chi connectivity index (χ4v) is 27.1. The van der Waals surface area contributed by atoms with Gasteiger partial charge in [0.1, 0.15) is 26.1 Å². The molecule has 0 radical (unpaired) electrons. The van der Waals surface area contributed by atoms with Crippen LogP contribution in [-0.4, -0.2) is 155 Å². The van der Waals surface area contributed by atoms with Gasteiger partial charge in [0.2, 0.25) is 0 Å². The lowest BCUT2D eigenvalue weighted by atomic mass is 9.46. The van der Waals surface area contributed by atoms with Gasteiger partial charge in [0.05, 0.1) is 36.6 Å². The number of nitrogen functional groups attached to an aromatic ring is 2. The van der Waals surface area contributed by atoms with Gasteiger partial charge in [-0.3, -0.25) is 33.6 Å². The molecule has 2 aliphatic heterocycles. The summed E-state index contributed by atoms with van der Waals surface area (Å²) in [5, 5.41) is 86.3. The summed E-state index contributed by atoms with van der Waals surface area (Å²) in [6, 6.07) is 45.3. The first-order valence-electron chi connectivity index (χ1n) is 45.5. The number of allylic oxidation sites excluding steroid dienone is 12. The highest BCUT2D eigenvalue weighted by Crippen LogP contribution is 2.74. The van der Waals surface area contributed by atoms with Crippen LogP contribution in [0.25, 0.3) is 0 Å². The van der Waals surface area contributed by atoms with Crippen molar-refractivity contribution in [1.29, 1.82) is 0 Å². The Labute approximate surface area is 758 Å². The monoisotopic (exact) mass is 1750 g/mol. The van der Waals surface area contributed by atoms with Crippen LogP contribution in [0.5, 0.6) is 0 Å². The Morgan fingerprint density at radius 2 is 0.777 bits per heavy atom. The highest BCUT2D eigenvalue weighted by atomic mass is 16.8. The molecular weight excluding hydrogens is 1640 g/mol. The van der Waals surface area contributed by atoms with Gasteiger partial charge in [-0.15, -0.1) is 0 Å². The molecule has 9 saturated carbocycles. The molecule has 2 heterocycles. The molecule has 11 fully saturated rings. The number of aliphatic hydroxyl groups is 8. The number of carbonyl (C=O) groups excluding carboxylic acids is 7. The van der Waals surface area contributed by atoms with Crippen LogP contribution in [0, 0.1) is 128 Å². The van der Waals surface area contributed by atoms with Crippen LogP contribution in [0.1, 0.15) is 192 Å². The van der Waals surface area contributed by atoms with E-state index in [1.54, 1.807) is 55.5 Å². The van der Waals surface area contributed by atoms with Crippen LogP contribution in [-0.2, 0) is 47.7 Å². The number of nitrogens with two attached hydrogens (primary N) is 2. The second-order valence-corrected chi connectivity index (χ2v) is 39.8. The minimum atomic E-state index is -2.05. The van der Waals surface area contributed by atoms with Crippen LogP contribution in [0.2, 0.25) is 0 Å². The molecule has 2 saturated heterocycles. The number of benzene rings is 6. The molecule has 0 spiro atoms. The molecule has 21 heteroatoms. The molecule has 0 amide bonds. The van der Waals surface area contributed by atoms with Gasteiger partial charge in [-0.2, -0.15) is 0 Å². The molecule has 130 heavy (non-hydrogen) atoms. The number of fused-ring (bicyclic) bond motifs is 19. The van der Waals surface area contributed by atoms with Crippen molar-refractivity contribution in [3.8, 4) is 35.5 Å². The van der Waals surface area contributed by atoms with E-state index in [-0.39, 0.29) is 83.5 Å². The lowest BCUT2D eigenvalue weighted by Gasteiger charge is -2.59. The molecule has 6 aromatic carbocycles. The Morgan fingerprint density at radius 1 is 0.438 bits per heavy atom. The first kappa shape index (κ1) is 91.2. The highest BCUT2D eigenvalue weighted by molar-refractivity contribution is 6.02. The van der Waals surface area contributed by atoms with E-state index in [1.807, 2.05) is 179 Å². The first-order chi connectivity index (χ1) is 62.0. The second kappa shape index (κ2) is 34.8. The number of carbonyl (C=O) groups is 7. The van der Waals surface area contributed by atoms with Crippen molar-refractivity contribution in [2.75, 3.05) is 31.3 Å². The lowest BCUT2D eigenvalue weighted by Crippen LogP contribution is -2.63. The number of anilines is 2. The average Bonchev–Trinajstić information content (AvgIpc) is 1.50. The van der Waals surface area contributed by atoms with E-state index in [4.69, 9.17) is 30.4 Å². The average molecular weight is 1760 g/mol. The molecule has 12 aliphatic carbocycles. The number of aryl methyl sites for hydroxylation is 1. The van der Waals surface area contributed by atoms with Crippen LogP contribution in [0.15, 0.2) is 217 Å². The Bertz CT molecular complexity index is 5710. The lowest BCUT2D eigenvalue weighted by molar-refractivity contribution is -0.201. The number of Topliss-reactive ketones (excluding diaryl/α,β-unsaturated/α-hetero) is 3. The van der Waals surface area contributed by atoms with Crippen LogP contribution in [0.3, 0.4) is 0 Å². The maximum Gasteiger partial charge on any atom is 0.193 e. The third-order valence-corrected chi connectivity index (χ3v) is 33.1. The Hall–Kier alpha value is -10.8. The predicted octanol–water partition coefficient (Wildman–Crippen LogP) is 12.3. The van der Waals surface area contributed by atoms with E-state index in [0.29, 0.717) is 42.6 Å². The van der Waals surface area contributed by atoms with Gasteiger partial charge in [-0.25, -0.2) is 0 Å². The fraction of sp³-hybridized carbons (Fsp3) is 0.440. The number of ether oxygens (including phenoxy) is 4. The molecule has 6 aromatic rings. The molecule has 20 rings (SSSR count). The topological polar surface area (TPSA) is 370 Å². The zero-order valence-electron chi connectivity index (χ0n) is 74.3. The van der Waals surface area contributed by atoms with E-state index < -0.39 is 136 Å². The molecule has 12 N–H and O–H groups in total. The van der Waals surface area contributed by atoms with Crippen LogP contribution in [0.4, 0.5) is 11.4 Å². The number of aldehydes is 1. The standard InChI is InChI=1S/2C36H37NO6.C21H28O6.C16H12O/c2*1-34-15-14-26(39)17-24(34)12-13-27-28-18-31-36(30(41)20-38,35(28,2)19-29(40)32(27)34)43-33(42-31)23-10-8-21(9-11-23)6-7-22-4-3-5-25(37)16-22;1-19-6-5-12(23)7-11(19)3-4-13-14-8-16(25)21(27,17(26)10-22)20(14,2)9-15(24)18(13)19;1-13-3-2-4-15(11-13)8-5-14-6-9-16(12-17)10-7-14/h2*3-5,8-11,14-17,27-29,31-33,38,40H,12-13,18-20,37H2,1-2H3;5-7,13-16,18,22,24-25,27H,3-4,8-10H2,1-2H3;2-4,6-7,9-12H,1H3/t27-,28-,29-,31+,32+,33+,34-,35-,36+;27-,28-,29-,31+,32+,33-,34-,35-,36+;13-,14-,15-,16+,18+,19-,20-,21-;/m000./s1. The molecule has 0 aromatic heterocycles. The van der Waals surface area contributed by atoms with Crippen molar-refractivity contribution >= 4 is 52.4 Å². The Morgan fingerprint density at radius 3 is 1.13 bits per heavy atom. The van der Waals surface area contributed by atoms with Gasteiger partial charge < -0.3 is 71.3 Å². The molecule has 674 valence electrons. The zero-order chi connectivity index (χ0) is 92.2. The summed E-state index contributed by atoms with van der Waals surface area (Å²) < 4.78 is 26.4. The van der Waals surface area contributed by atoms with E-state index in [1.165, 1.54) is 5.56 Å². The largest absolute Gasteiger partial charge is 0.399 e. The van der Waals surface area contributed by atoms with Crippen molar-refractivity contribution < 1.29 is 93.4 Å². The summed E-state index contributed by atoms with van der Waals surface area (Å²) in [7, 11) is 0. The maximum atomic E-state index is 13.7. The summed E-state index contributed by atoms with van der Waals surface area (Å²) >= 11 is 0. The Kier molecular flexibility index (Phi) is 24.4. The molecule has 26 atom stereocenters. The summed E-state index contributed by atoms with van der Waals surface area (Å²) in [6.07, 6.45) is 17.5. The minimum absolute atomic E-state index is 0.00162. The van der Waals surface area contributed by atoms with Gasteiger partial charge in [-0.1, -0.05) is 173 Å². The van der Waals surface area contributed by atoms with Crippen molar-refractivity contribution in [3.05, 3.63) is 273 Å². The smallest absolute Gasteiger partial charge is 0.193 e. The number of hydrogen-bond donors (Lipinski definition) is 10. The summed E-state index contributed by atoms with van der Waals surface area (Å²) in [5.74, 6) is 17.0. The van der Waals surface area contributed by atoms with Gasteiger partial charge in [-0.05, 0) is 246 Å². The molecule has 14 aliphatic rings. The molecule has 21 nitrogen and oxygen atoms in total. The summed E-state index contributed by atoms with van der Waals surface area (Å²) in [6.45, 7) is 12.0. The van der Waals surface area contributed by atoms with Gasteiger partial charge in [0.15, 0.2) is 64.1 Å². The fourth-order valence-electron chi connectivity index (χ4n) is 27.1. The maximum absolute atomic E-state index is 13.7. The minimum Gasteiger partial charge on any atom is -0.399 e. The normalized spacial score (nSPS) is 37.7. The van der Waals surface area contributed by atoms with E-state index in [2.05, 4.69) is 49.4 Å². The van der Waals surface area contributed by atoms with Crippen molar-refractivity contribution in [2.24, 2.45) is 85.8 Å². The van der Waals surface area contributed by atoms with Crippen molar-refractivity contribution in [3.63, 3.8) is 0 Å².